The van der Waals surface area contributed by atoms with Gasteiger partial charge in [-0.2, -0.15) is 0 Å². The molecule has 0 amide bonds. The molecule has 0 saturated carbocycles. The van der Waals surface area contributed by atoms with Crippen molar-refractivity contribution >= 4 is 39.5 Å². The molecule has 17 nitrogen and oxygen atoms in total. The van der Waals surface area contributed by atoms with Crippen LogP contribution in [0.3, 0.4) is 0 Å². The molecule has 0 aliphatic carbocycles. The molecule has 0 aliphatic heterocycles. The summed E-state index contributed by atoms with van der Waals surface area (Å²) in [6.45, 7) is 4.89. The molecule has 0 spiro atoms. The van der Waals surface area contributed by atoms with E-state index in [1.807, 2.05) is 0 Å². The number of hydrogen-bond donors (Lipinski definition) is 3. The van der Waals surface area contributed by atoms with Crippen molar-refractivity contribution in [2.24, 2.45) is 0 Å². The maximum Gasteiger partial charge on any atom is 0.472 e. The van der Waals surface area contributed by atoms with E-state index in [1.165, 1.54) is 193 Å². The Morgan fingerprint density at radius 3 is 0.768 bits per heavy atom. The fraction of sp³-hybridized carbons (Fsp3) is 0.895. The van der Waals surface area contributed by atoms with Gasteiger partial charge in [0.05, 0.1) is 26.4 Å². The zero-order valence-electron chi connectivity index (χ0n) is 61.1. The van der Waals surface area contributed by atoms with Gasteiger partial charge >= 0.3 is 39.5 Å². The first-order chi connectivity index (χ1) is 46.2. The summed E-state index contributed by atoms with van der Waals surface area (Å²) in [6.07, 6.45) is 63.3. The number of hydrogen-bond acceptors (Lipinski definition) is 15. The van der Waals surface area contributed by atoms with Crippen molar-refractivity contribution < 1.29 is 80.2 Å². The van der Waals surface area contributed by atoms with Crippen LogP contribution < -0.4 is 0 Å². The van der Waals surface area contributed by atoms with Gasteiger partial charge in [0.15, 0.2) is 12.2 Å². The summed E-state index contributed by atoms with van der Waals surface area (Å²) in [6, 6.07) is 0. The molecule has 0 aromatic carbocycles. The van der Waals surface area contributed by atoms with E-state index in [2.05, 4.69) is 52.0 Å². The molecule has 0 heterocycles. The number of allylic oxidation sites excluding steroid dienone is 4. The Morgan fingerprint density at radius 2 is 0.505 bits per heavy atom. The number of aliphatic hydroxyl groups is 1. The minimum atomic E-state index is -4.96. The van der Waals surface area contributed by atoms with Gasteiger partial charge in [0.2, 0.25) is 0 Å². The zero-order chi connectivity index (χ0) is 69.7. The summed E-state index contributed by atoms with van der Waals surface area (Å²) in [5.74, 6) is -2.15. The van der Waals surface area contributed by atoms with E-state index in [0.717, 1.165) is 109 Å². The van der Waals surface area contributed by atoms with Crippen molar-refractivity contribution in [3.05, 3.63) is 24.3 Å². The molecule has 0 rings (SSSR count). The Kier molecular flexibility index (Phi) is 68.2. The van der Waals surface area contributed by atoms with E-state index in [1.54, 1.807) is 0 Å². The molecule has 0 radical (unpaired) electrons. The first-order valence-corrected chi connectivity index (χ1v) is 42.1. The quantitative estimate of drug-likeness (QED) is 0.0169. The van der Waals surface area contributed by atoms with Gasteiger partial charge in [-0.05, 0) is 51.4 Å². The molecule has 560 valence electrons. The van der Waals surface area contributed by atoms with Crippen molar-refractivity contribution in [3.63, 3.8) is 0 Å². The van der Waals surface area contributed by atoms with Gasteiger partial charge in [-0.3, -0.25) is 37.3 Å². The highest BCUT2D eigenvalue weighted by Crippen LogP contribution is 2.45. The summed E-state index contributed by atoms with van der Waals surface area (Å²) in [5.41, 5.74) is 0. The highest BCUT2D eigenvalue weighted by atomic mass is 31.2. The van der Waals surface area contributed by atoms with Crippen LogP contribution in [0.25, 0.3) is 0 Å². The van der Waals surface area contributed by atoms with Crippen molar-refractivity contribution in [1.82, 2.24) is 0 Å². The summed E-state index contributed by atoms with van der Waals surface area (Å²) in [7, 11) is -9.91. The third-order valence-corrected chi connectivity index (χ3v) is 19.1. The van der Waals surface area contributed by atoms with E-state index < -0.39 is 97.5 Å². The highest BCUT2D eigenvalue weighted by molar-refractivity contribution is 7.47. The molecule has 5 atom stereocenters. The standard InChI is InChI=1S/C76H144O17P2/c1-5-9-13-17-21-25-28-30-32-33-34-35-36-37-39-41-43-47-51-55-59-63-76(81)93-72(67-87-74(79)61-57-53-49-46-42-40-38-31-29-26-22-18-14-10-6-2)69-91-95(84,85)89-65-70(77)64-88-94(82,83)90-68-71(66-86-73(78)60-56-52-48-44-24-20-16-12-8-4)92-75(80)62-58-54-50-45-27-23-19-15-11-7-3/h26,29,31,38,70-72,77H,5-25,27-28,30,32-37,39-69H2,1-4H3,(H,82,83)(H,84,85)/b29-26-,38-31-/t70-,71+,72+/m0/s1. The third-order valence-electron chi connectivity index (χ3n) is 17.2. The normalized spacial score (nSPS) is 14.1. The summed E-state index contributed by atoms with van der Waals surface area (Å²) in [5, 5.41) is 10.6. The second-order valence-corrected chi connectivity index (χ2v) is 29.6. The number of carbonyl (C=O) groups excluding carboxylic acids is 4. The van der Waals surface area contributed by atoms with Crippen LogP contribution in [0.1, 0.15) is 381 Å². The molecule has 0 fully saturated rings. The average Bonchev–Trinajstić information content (AvgIpc) is 1.55. The molecule has 0 saturated heterocycles. The van der Waals surface area contributed by atoms with Crippen LogP contribution in [0.5, 0.6) is 0 Å². The largest absolute Gasteiger partial charge is 0.472 e. The SMILES string of the molecule is CCCCCC/C=C\C=C/CCCCCCCC(=O)OC[C@H](COP(=O)(O)OC[C@@H](O)COP(=O)(O)OC[C@@H](COC(=O)CCCCCCCCCCC)OC(=O)CCCCCCCCCCCC)OC(=O)CCCCCCCCCCCCCCCCCCCCCCC. The van der Waals surface area contributed by atoms with Crippen LogP contribution in [-0.4, -0.2) is 96.7 Å². The lowest BCUT2D eigenvalue weighted by Crippen LogP contribution is -2.30. The molecule has 2 unspecified atom stereocenters. The number of rotatable bonds is 75. The van der Waals surface area contributed by atoms with Gasteiger partial charge in [0, 0.05) is 25.7 Å². The summed E-state index contributed by atoms with van der Waals surface area (Å²) < 4.78 is 68.4. The monoisotopic (exact) mass is 1390 g/mol. The van der Waals surface area contributed by atoms with Gasteiger partial charge in [0.25, 0.3) is 0 Å². The minimum Gasteiger partial charge on any atom is -0.462 e. The van der Waals surface area contributed by atoms with Crippen molar-refractivity contribution in [1.29, 1.82) is 0 Å². The maximum absolute atomic E-state index is 13.1. The number of ether oxygens (including phenoxy) is 4. The fourth-order valence-electron chi connectivity index (χ4n) is 11.2. The summed E-state index contributed by atoms with van der Waals surface area (Å²) in [4.78, 5) is 72.6. The van der Waals surface area contributed by atoms with Gasteiger partial charge in [-0.15, -0.1) is 0 Å². The zero-order valence-corrected chi connectivity index (χ0v) is 62.9. The highest BCUT2D eigenvalue weighted by Gasteiger charge is 2.30. The fourth-order valence-corrected chi connectivity index (χ4v) is 12.8. The van der Waals surface area contributed by atoms with Crippen LogP contribution >= 0.6 is 15.6 Å². The number of carbonyl (C=O) groups is 4. The molecular formula is C76H144O17P2. The topological polar surface area (TPSA) is 237 Å². The molecule has 3 N–H and O–H groups in total. The van der Waals surface area contributed by atoms with Crippen LogP contribution in [-0.2, 0) is 65.4 Å². The van der Waals surface area contributed by atoms with Gasteiger partial charge in [-0.1, -0.05) is 328 Å². The second kappa shape index (κ2) is 70.0. The van der Waals surface area contributed by atoms with Crippen LogP contribution in [0.2, 0.25) is 0 Å². The van der Waals surface area contributed by atoms with E-state index >= 15 is 0 Å². The Balaban J connectivity index is 5.21. The predicted octanol–water partition coefficient (Wildman–Crippen LogP) is 22.2. The lowest BCUT2D eigenvalue weighted by molar-refractivity contribution is -0.161. The Hall–Kier alpha value is -2.46. The molecule has 0 aromatic rings. The molecule has 95 heavy (non-hydrogen) atoms. The Labute approximate surface area is 580 Å². The van der Waals surface area contributed by atoms with Crippen LogP contribution in [0.15, 0.2) is 24.3 Å². The Bertz CT molecular complexity index is 1900. The van der Waals surface area contributed by atoms with Gasteiger partial charge in [-0.25, -0.2) is 9.13 Å². The van der Waals surface area contributed by atoms with Crippen LogP contribution in [0.4, 0.5) is 0 Å². The van der Waals surface area contributed by atoms with E-state index in [-0.39, 0.29) is 25.7 Å². The molecule has 0 aliphatic rings. The first-order valence-electron chi connectivity index (χ1n) is 39.1. The number of phosphoric ester groups is 2. The smallest absolute Gasteiger partial charge is 0.462 e. The Morgan fingerprint density at radius 1 is 0.295 bits per heavy atom. The second-order valence-electron chi connectivity index (χ2n) is 26.7. The number of esters is 4. The lowest BCUT2D eigenvalue weighted by Gasteiger charge is -2.21. The third kappa shape index (κ3) is 69.8. The summed E-state index contributed by atoms with van der Waals surface area (Å²) >= 11 is 0. The van der Waals surface area contributed by atoms with Crippen molar-refractivity contribution in [2.75, 3.05) is 39.6 Å². The maximum atomic E-state index is 13.1. The van der Waals surface area contributed by atoms with Crippen molar-refractivity contribution in [2.45, 2.75) is 399 Å². The van der Waals surface area contributed by atoms with E-state index in [0.29, 0.717) is 25.7 Å². The van der Waals surface area contributed by atoms with Crippen molar-refractivity contribution in [3.8, 4) is 0 Å². The lowest BCUT2D eigenvalue weighted by atomic mass is 10.0. The average molecular weight is 1390 g/mol. The van der Waals surface area contributed by atoms with Gasteiger partial charge in [0.1, 0.15) is 19.3 Å². The minimum absolute atomic E-state index is 0.102. The molecule has 0 bridgehead atoms. The number of aliphatic hydroxyl groups excluding tert-OH is 1. The van der Waals surface area contributed by atoms with Crippen LogP contribution in [0, 0.1) is 0 Å². The molecule has 19 heteroatoms. The number of phosphoric acid groups is 2. The van der Waals surface area contributed by atoms with E-state index in [4.69, 9.17) is 37.0 Å². The molecular weight excluding hydrogens is 1250 g/mol. The first kappa shape index (κ1) is 92.5. The predicted molar refractivity (Wildman–Crippen MR) is 386 cm³/mol. The number of unbranched alkanes of at least 4 members (excludes halogenated alkanes) is 46. The van der Waals surface area contributed by atoms with Gasteiger partial charge < -0.3 is 33.8 Å². The molecule has 0 aromatic heterocycles. The van der Waals surface area contributed by atoms with E-state index in [9.17, 15) is 43.2 Å².